The highest BCUT2D eigenvalue weighted by Crippen LogP contribution is 2.28. The van der Waals surface area contributed by atoms with Crippen LogP contribution in [0.1, 0.15) is 12.8 Å². The van der Waals surface area contributed by atoms with Gasteiger partial charge in [0.25, 0.3) is 0 Å². The van der Waals surface area contributed by atoms with Crippen LogP contribution in [0.25, 0.3) is 0 Å². The molecule has 1 aliphatic rings. The molecule has 0 aliphatic carbocycles. The van der Waals surface area contributed by atoms with Gasteiger partial charge in [0.1, 0.15) is 0 Å². The maximum absolute atomic E-state index is 11.8. The van der Waals surface area contributed by atoms with Crippen LogP contribution < -0.4 is 0 Å². The summed E-state index contributed by atoms with van der Waals surface area (Å²) in [6, 6.07) is 0. The van der Waals surface area contributed by atoms with Crippen molar-refractivity contribution >= 4 is 0 Å². The number of alkyl halides is 3. The van der Waals surface area contributed by atoms with Crippen LogP contribution in [0.4, 0.5) is 13.2 Å². The van der Waals surface area contributed by atoms with E-state index in [0.717, 1.165) is 0 Å². The van der Waals surface area contributed by atoms with Gasteiger partial charge in [0.2, 0.25) is 0 Å². The highest BCUT2D eigenvalue weighted by atomic mass is 19.4. The summed E-state index contributed by atoms with van der Waals surface area (Å²) >= 11 is 0. The van der Waals surface area contributed by atoms with E-state index in [9.17, 15) is 13.2 Å². The van der Waals surface area contributed by atoms with Crippen molar-refractivity contribution in [1.29, 1.82) is 0 Å². The predicted octanol–water partition coefficient (Wildman–Crippen LogP) is 1.93. The Hall–Kier alpha value is -0.250. The Morgan fingerprint density at radius 2 is 2.10 bits per heavy atom. The van der Waals surface area contributed by atoms with Crippen molar-refractivity contribution in [2.75, 3.05) is 6.61 Å². The number of hydrogen-bond donors (Lipinski definition) is 0. The Morgan fingerprint density at radius 1 is 1.40 bits per heavy atom. The van der Waals surface area contributed by atoms with E-state index in [4.69, 9.17) is 0 Å². The van der Waals surface area contributed by atoms with E-state index in [2.05, 4.69) is 4.74 Å². The molecule has 1 aliphatic heterocycles. The lowest BCUT2D eigenvalue weighted by molar-refractivity contribution is -0.225. The molecular formula is C6H8F3O. The van der Waals surface area contributed by atoms with E-state index in [1.807, 2.05) is 0 Å². The van der Waals surface area contributed by atoms with E-state index >= 15 is 0 Å². The number of ether oxygens (including phenoxy) is 1. The molecule has 1 nitrogen and oxygen atoms in total. The van der Waals surface area contributed by atoms with Crippen molar-refractivity contribution in [3.63, 3.8) is 0 Å². The maximum atomic E-state index is 11.8. The molecule has 59 valence electrons. The average Bonchev–Trinajstić information content (AvgIpc) is 1.88. The lowest BCUT2D eigenvalue weighted by atomic mass is 10.1. The Balaban J connectivity index is 2.39. The minimum atomic E-state index is -4.18. The van der Waals surface area contributed by atoms with Crippen molar-refractivity contribution in [1.82, 2.24) is 0 Å². The van der Waals surface area contributed by atoms with Gasteiger partial charge in [-0.15, -0.1) is 0 Å². The first kappa shape index (κ1) is 7.85. The van der Waals surface area contributed by atoms with Crippen LogP contribution in [-0.4, -0.2) is 18.9 Å². The van der Waals surface area contributed by atoms with Crippen molar-refractivity contribution in [3.8, 4) is 0 Å². The minimum absolute atomic E-state index is 0.00347. The Labute approximate surface area is 57.2 Å². The number of hydrogen-bond acceptors (Lipinski definition) is 1. The van der Waals surface area contributed by atoms with Crippen molar-refractivity contribution in [2.24, 2.45) is 0 Å². The summed E-state index contributed by atoms with van der Waals surface area (Å²) in [4.78, 5) is 0. The van der Waals surface area contributed by atoms with Gasteiger partial charge in [-0.1, -0.05) is 0 Å². The molecule has 1 radical (unpaired) electrons. The SMILES string of the molecule is FC(F)(F)C1C[CH]CCO1. The maximum Gasteiger partial charge on any atom is 0.414 e. The third-order valence-electron chi connectivity index (χ3n) is 1.39. The zero-order valence-corrected chi connectivity index (χ0v) is 5.32. The van der Waals surface area contributed by atoms with Gasteiger partial charge in [0.15, 0.2) is 6.10 Å². The van der Waals surface area contributed by atoms with Gasteiger partial charge in [-0.25, -0.2) is 0 Å². The van der Waals surface area contributed by atoms with Crippen molar-refractivity contribution in [3.05, 3.63) is 6.42 Å². The molecule has 0 aromatic rings. The Morgan fingerprint density at radius 3 is 2.40 bits per heavy atom. The summed E-state index contributed by atoms with van der Waals surface area (Å²) in [5.41, 5.74) is 0. The summed E-state index contributed by atoms with van der Waals surface area (Å²) < 4.78 is 39.9. The summed E-state index contributed by atoms with van der Waals surface area (Å²) in [5.74, 6) is 0. The molecule has 10 heavy (non-hydrogen) atoms. The highest BCUT2D eigenvalue weighted by molar-refractivity contribution is 4.80. The quantitative estimate of drug-likeness (QED) is 0.516. The largest absolute Gasteiger partial charge is 0.414 e. The zero-order chi connectivity index (χ0) is 7.61. The topological polar surface area (TPSA) is 9.23 Å². The molecule has 1 fully saturated rings. The van der Waals surface area contributed by atoms with E-state index in [1.54, 1.807) is 6.42 Å². The van der Waals surface area contributed by atoms with E-state index < -0.39 is 12.3 Å². The molecule has 1 heterocycles. The van der Waals surface area contributed by atoms with Crippen LogP contribution in [0.5, 0.6) is 0 Å². The van der Waals surface area contributed by atoms with E-state index in [0.29, 0.717) is 6.42 Å². The van der Waals surface area contributed by atoms with Gasteiger partial charge in [0.05, 0.1) is 0 Å². The number of halogens is 3. The molecule has 4 heteroatoms. The van der Waals surface area contributed by atoms with E-state index in [-0.39, 0.29) is 13.0 Å². The molecule has 0 saturated carbocycles. The second-order valence-corrected chi connectivity index (χ2v) is 2.21. The molecule has 1 rings (SSSR count). The first-order valence-electron chi connectivity index (χ1n) is 3.10. The lowest BCUT2D eigenvalue weighted by Crippen LogP contribution is -2.34. The van der Waals surface area contributed by atoms with Crippen LogP contribution in [0.3, 0.4) is 0 Å². The average molecular weight is 153 g/mol. The second-order valence-electron chi connectivity index (χ2n) is 2.21. The van der Waals surface area contributed by atoms with Gasteiger partial charge >= 0.3 is 6.18 Å². The molecule has 1 atom stereocenters. The van der Waals surface area contributed by atoms with Crippen molar-refractivity contribution < 1.29 is 17.9 Å². The monoisotopic (exact) mass is 153 g/mol. The fourth-order valence-electron chi connectivity index (χ4n) is 0.859. The lowest BCUT2D eigenvalue weighted by Gasteiger charge is -2.24. The van der Waals surface area contributed by atoms with Crippen LogP contribution in [0.2, 0.25) is 0 Å². The summed E-state index contributed by atoms with van der Waals surface area (Å²) in [7, 11) is 0. The summed E-state index contributed by atoms with van der Waals surface area (Å²) in [6.07, 6.45) is -3.49. The molecule has 0 spiro atoms. The molecule has 0 amide bonds. The van der Waals surface area contributed by atoms with Crippen LogP contribution in [-0.2, 0) is 4.74 Å². The summed E-state index contributed by atoms with van der Waals surface area (Å²) in [5, 5.41) is 0. The predicted molar refractivity (Wildman–Crippen MR) is 29.3 cm³/mol. The highest BCUT2D eigenvalue weighted by Gasteiger charge is 2.41. The minimum Gasteiger partial charge on any atom is -0.369 e. The fourth-order valence-corrected chi connectivity index (χ4v) is 0.859. The van der Waals surface area contributed by atoms with E-state index in [1.165, 1.54) is 0 Å². The molecular weight excluding hydrogens is 145 g/mol. The molecule has 0 aromatic carbocycles. The molecule has 1 unspecified atom stereocenters. The van der Waals surface area contributed by atoms with Gasteiger partial charge in [-0.05, 0) is 19.3 Å². The molecule has 0 N–H and O–H groups in total. The van der Waals surface area contributed by atoms with Crippen LogP contribution in [0.15, 0.2) is 0 Å². The molecule has 0 bridgehead atoms. The third-order valence-corrected chi connectivity index (χ3v) is 1.39. The van der Waals surface area contributed by atoms with Gasteiger partial charge in [-0.3, -0.25) is 0 Å². The smallest absolute Gasteiger partial charge is 0.369 e. The number of rotatable bonds is 0. The first-order valence-corrected chi connectivity index (χ1v) is 3.10. The normalized spacial score (nSPS) is 28.5. The van der Waals surface area contributed by atoms with Gasteiger partial charge in [0, 0.05) is 6.61 Å². The van der Waals surface area contributed by atoms with Gasteiger partial charge in [-0.2, -0.15) is 13.2 Å². The van der Waals surface area contributed by atoms with Crippen molar-refractivity contribution in [2.45, 2.75) is 25.1 Å². The van der Waals surface area contributed by atoms with Gasteiger partial charge < -0.3 is 4.74 Å². The first-order chi connectivity index (χ1) is 4.61. The fraction of sp³-hybridized carbons (Fsp3) is 0.833. The standard InChI is InChI=1S/C6H8F3O/c7-6(8,9)5-3-1-2-4-10-5/h1,5H,2-4H2. The Kier molecular flexibility index (Phi) is 2.18. The van der Waals surface area contributed by atoms with Crippen LogP contribution >= 0.6 is 0 Å². The molecule has 1 saturated heterocycles. The molecule has 0 aromatic heterocycles. The van der Waals surface area contributed by atoms with Crippen LogP contribution in [0, 0.1) is 6.42 Å². The summed E-state index contributed by atoms with van der Waals surface area (Å²) in [6.45, 7) is 0.199. The Bertz CT molecular complexity index is 104. The third kappa shape index (κ3) is 1.87. The second kappa shape index (κ2) is 2.78. The zero-order valence-electron chi connectivity index (χ0n) is 5.32.